The van der Waals surface area contributed by atoms with E-state index in [9.17, 15) is 70.5 Å². The Balaban J connectivity index is 0.000000209. The van der Waals surface area contributed by atoms with Gasteiger partial charge in [-0.1, -0.05) is 0 Å². The molecular weight excluding hydrogens is 2140 g/mol. The monoisotopic (exact) mass is 2220 g/mol. The van der Waals surface area contributed by atoms with E-state index in [1.54, 1.807) is 79.3 Å². The fourth-order valence-electron chi connectivity index (χ4n) is 12.1. The van der Waals surface area contributed by atoms with Crippen LogP contribution in [0, 0.1) is 108 Å². The number of nitro groups is 2. The van der Waals surface area contributed by atoms with Gasteiger partial charge in [0.05, 0.1) is 31.5 Å². The number of aliphatic hydroxyl groups excluding tert-OH is 2. The molecule has 5 fully saturated rings. The van der Waals surface area contributed by atoms with Gasteiger partial charge in [-0.3, -0.25) is 4.79 Å². The number of aliphatic hydroxyl groups is 3. The molecule has 6 aromatic carbocycles. The minimum absolute atomic E-state index is 0.0856. The molecule has 5 saturated carbocycles. The molecule has 42 heteroatoms. The van der Waals surface area contributed by atoms with Crippen molar-refractivity contribution in [1.29, 1.82) is 0 Å². The van der Waals surface area contributed by atoms with Gasteiger partial charge in [0.15, 0.2) is 41.0 Å². The molecule has 5 heterocycles. The van der Waals surface area contributed by atoms with E-state index in [0.717, 1.165) is 104 Å². The zero-order chi connectivity index (χ0) is 95.4. The van der Waals surface area contributed by atoms with Crippen molar-refractivity contribution in [3.8, 4) is 28.7 Å². The first kappa shape index (κ1) is 106. The number of carbonyl (C=O) groups is 3. The number of thiol groups is 1. The molecule has 0 aliphatic heterocycles. The Morgan fingerprint density at radius 2 is 0.838 bits per heavy atom. The fraction of sp³-hybridized carbons (Fsp3) is 0.261. The normalized spacial score (nSPS) is 14.0. The number of aldehydes is 1. The van der Waals surface area contributed by atoms with E-state index in [0.29, 0.717) is 62.0 Å². The molecule has 5 aliphatic carbocycles. The van der Waals surface area contributed by atoms with Gasteiger partial charge in [-0.2, -0.15) is 0 Å². The Kier molecular flexibility index (Phi) is 43.4. The van der Waals surface area contributed by atoms with Crippen molar-refractivity contribution < 1.29 is 108 Å². The molecule has 0 amide bonds. The van der Waals surface area contributed by atoms with Crippen molar-refractivity contribution in [3.63, 3.8) is 0 Å². The van der Waals surface area contributed by atoms with Crippen LogP contribution in [0.2, 0.25) is 0 Å². The number of pyridine rings is 5. The van der Waals surface area contributed by atoms with Crippen LogP contribution in [0.25, 0.3) is 0 Å². The molecule has 29 nitrogen and oxygen atoms in total. The van der Waals surface area contributed by atoms with Crippen molar-refractivity contribution in [1.82, 2.24) is 24.9 Å². The summed E-state index contributed by atoms with van der Waals surface area (Å²) in [5.41, 5.74) is 21.1. The quantitative estimate of drug-likeness (QED) is 0.00252. The summed E-state index contributed by atoms with van der Waals surface area (Å²) in [5.74, 6) is -1.61. The number of halogens is 11. The van der Waals surface area contributed by atoms with Crippen LogP contribution in [0.4, 0.5) is 59.8 Å². The van der Waals surface area contributed by atoms with Crippen LogP contribution in [0.1, 0.15) is 154 Å². The van der Waals surface area contributed by atoms with E-state index >= 15 is 0 Å². The summed E-state index contributed by atoms with van der Waals surface area (Å²) < 4.78 is 140. The zero-order valence-corrected chi connectivity index (χ0v) is 77.6. The number of hydrogen-bond donors (Lipinski definition) is 8. The van der Waals surface area contributed by atoms with Crippen LogP contribution in [0.5, 0.6) is 28.7 Å². The molecule has 0 spiro atoms. The number of anilines is 3. The van der Waals surface area contributed by atoms with Gasteiger partial charge in [0.2, 0.25) is 11.5 Å². The molecule has 5 atom stereocenters. The number of carbonyl (C=O) groups excluding carboxylic acids is 3. The average Bonchev–Trinajstić information content (AvgIpc) is 1.82. The molecule has 0 saturated heterocycles. The van der Waals surface area contributed by atoms with E-state index in [4.69, 9.17) is 65.6 Å². The number of methoxy groups -OCH3 is 2. The number of aromatic hydroxyl groups is 1. The predicted octanol–water partition coefficient (Wildman–Crippen LogP) is 19.6. The van der Waals surface area contributed by atoms with E-state index in [1.165, 1.54) is 112 Å². The molecule has 11 aromatic rings. The van der Waals surface area contributed by atoms with Gasteiger partial charge < -0.3 is 86.3 Å². The second-order valence-corrected chi connectivity index (χ2v) is 32.9. The van der Waals surface area contributed by atoms with Crippen molar-refractivity contribution in [3.05, 3.63) is 322 Å². The van der Waals surface area contributed by atoms with Gasteiger partial charge in [0, 0.05) is 90.8 Å². The average molecular weight is 2220 g/mol. The van der Waals surface area contributed by atoms with E-state index < -0.39 is 87.8 Å². The maximum atomic E-state index is 13.8. The Morgan fingerprint density at radius 1 is 0.515 bits per heavy atom. The van der Waals surface area contributed by atoms with Gasteiger partial charge >= 0.3 is 59.6 Å². The van der Waals surface area contributed by atoms with E-state index in [-0.39, 0.29) is 81.6 Å². The number of rotatable bonds is 23. The van der Waals surface area contributed by atoms with Crippen LogP contribution in [-0.2, 0) is 14.1 Å². The maximum absolute atomic E-state index is 13.8. The van der Waals surface area contributed by atoms with Crippen molar-refractivity contribution in [2.45, 2.75) is 94.7 Å². The third-order valence-corrected chi connectivity index (χ3v) is 22.3. The van der Waals surface area contributed by atoms with E-state index in [1.807, 2.05) is 22.6 Å². The summed E-state index contributed by atoms with van der Waals surface area (Å²) in [4.78, 5) is 73.1. The third-order valence-electron chi connectivity index (χ3n) is 18.9. The molecule has 5 aromatic heterocycles. The molecule has 683 valence electrons. The first-order chi connectivity index (χ1) is 62.3. The topological polar surface area (TPSA) is 449 Å². The van der Waals surface area contributed by atoms with Crippen LogP contribution in [0.3, 0.4) is 0 Å². The summed E-state index contributed by atoms with van der Waals surface area (Å²) in [5, 5.41) is 53.6. The summed E-state index contributed by atoms with van der Waals surface area (Å²) in [6.45, 7) is 3.75. The first-order valence-electron chi connectivity index (χ1n) is 38.8. The molecule has 5 unspecified atom stereocenters. The molecular formula is C88H82BBrF7I3N11O18S. The summed E-state index contributed by atoms with van der Waals surface area (Å²) in [7, 11) is 6.92. The second kappa shape index (κ2) is 53.3. The van der Waals surface area contributed by atoms with Crippen molar-refractivity contribution >= 4 is 151 Å². The van der Waals surface area contributed by atoms with Gasteiger partial charge in [-0.25, -0.2) is 55.3 Å². The molecule has 10 N–H and O–H groups in total. The number of aromatic nitrogens is 5. The van der Waals surface area contributed by atoms with Crippen LogP contribution < -0.4 is 36.1 Å². The van der Waals surface area contributed by atoms with Crippen molar-refractivity contribution in [2.75, 3.05) is 38.2 Å². The SMILES string of the molecule is COC(=O)c1ccc(F)cc1C(Oc1cc(Br)cnc1N)C1CC1.COC(=O)c1ccc(F)cc1C(Oc1cccnc1N)C1CC1.Nc1ncccc1OC(c1cc(F)ccc1I)C1CC1.O=Cc1cc(F)ccc1I.O=[N+]([O-])c1ncccc1O.O=[N+]([O-])c1ncccc1OC(c1cc(F)ccc1I)C1CC1.OC(c1cc(F)ccc1F)C1CC1.OCO.[B]=NS.[C-]#[O+]. The summed E-state index contributed by atoms with van der Waals surface area (Å²) in [6.07, 6.45) is 15.3. The molecule has 16 rings (SSSR count). The van der Waals surface area contributed by atoms with E-state index in [2.05, 4.69) is 117 Å². The van der Waals surface area contributed by atoms with Crippen LogP contribution in [0.15, 0.2) is 204 Å². The number of benzene rings is 6. The Hall–Kier alpha value is -11.1. The minimum atomic E-state index is -0.837. The molecule has 0 bridgehead atoms. The second-order valence-electron chi connectivity index (χ2n) is 28.3. The van der Waals surface area contributed by atoms with Gasteiger partial charge in [0.25, 0.3) is 0 Å². The van der Waals surface area contributed by atoms with Gasteiger partial charge in [0.1, 0.15) is 84.3 Å². The number of nitrogen functional groups attached to an aromatic ring is 3. The number of ether oxygens (including phenoxy) is 6. The Morgan fingerprint density at radius 3 is 1.21 bits per heavy atom. The standard InChI is InChI=1S/C17H16BrFN2O3.C17H17FN2O3.C15H12FIN2O3.C15H14FIN2O.C10H10F2O.C7H4FIO.C5H4N2O3.CH4O2.CO.BHNS/c1-23-17(22)12-5-4-11(19)7-13(12)15(9-2-3-9)24-14-6-10(18)8-21-16(14)20;1-22-17(21)12-7-6-11(18)9-13(12)15(10-4-5-10)23-14-3-2-8-20-16(14)19;16-10-5-6-12(17)11(8-10)14(9-3-4-9)22-13-2-1-7-18-15(13)19(20)21;16-10-5-6-12(17)11(8-10)14(9-3-4-9)20-13-2-1-7-19-15(13)18;11-7-3-4-9(12)8(5-7)10(13)6-1-2-6;8-6-1-2-7(9)5(3-6)4-10;8-4-2-1-3-6-5(4)7(9)10;2-1-3;1-2;1-2-3/h4-9,15H,2-3H2,1H3,(H2,20,21);2-3,6-10,15H,4-5H2,1H3,(H2,19,20);1-2,5-9,14H,3-4H2;1-2,5-9,14H,3-4H2,(H2,18,19);3-6,10,13H,1-2H2;1-4H;1-3,8H;2-3H,1H2;;3H. The number of esters is 2. The van der Waals surface area contributed by atoms with Crippen LogP contribution in [-0.4, -0.2) is 102 Å². The van der Waals surface area contributed by atoms with Gasteiger partial charge in [-0.05, 0) is 337 Å². The molecule has 5 aliphatic rings. The third kappa shape index (κ3) is 33.4. The summed E-state index contributed by atoms with van der Waals surface area (Å²) in [6, 6.07) is 39.0. The van der Waals surface area contributed by atoms with Gasteiger partial charge in [-0.15, -0.1) is 0 Å². The fourth-order valence-corrected chi connectivity index (χ4v) is 14.1. The number of nitrogens with zero attached hydrogens (tertiary/aromatic N) is 8. The Bertz CT molecular complexity index is 5700. The zero-order valence-electron chi connectivity index (χ0n) is 68.6. The Labute approximate surface area is 796 Å². The molecule has 1 radical (unpaired) electrons. The predicted molar refractivity (Wildman–Crippen MR) is 494 cm³/mol. The van der Waals surface area contributed by atoms with Crippen LogP contribution >= 0.6 is 96.5 Å². The number of hydrogen-bond acceptors (Lipinski definition) is 27. The number of nitrogens with two attached hydrogens (primary N) is 3. The first-order valence-corrected chi connectivity index (χ1v) is 43.2. The van der Waals surface area contributed by atoms with Crippen molar-refractivity contribution in [2.24, 2.45) is 33.9 Å². The molecule has 130 heavy (non-hydrogen) atoms. The summed E-state index contributed by atoms with van der Waals surface area (Å²) >= 11 is 12.8.